The number of imidazole rings is 1. The number of hydrogen-bond acceptors (Lipinski definition) is 5. The Kier molecular flexibility index (Phi) is 3.53. The van der Waals surface area contributed by atoms with E-state index in [-0.39, 0.29) is 6.23 Å². The van der Waals surface area contributed by atoms with Crippen molar-refractivity contribution in [2.24, 2.45) is 0 Å². The summed E-state index contributed by atoms with van der Waals surface area (Å²) in [7, 11) is 0. The highest BCUT2D eigenvalue weighted by atomic mass is 16.5. The van der Waals surface area contributed by atoms with Gasteiger partial charge in [-0.15, -0.1) is 0 Å². The van der Waals surface area contributed by atoms with E-state index in [4.69, 9.17) is 10.5 Å². The zero-order chi connectivity index (χ0) is 12.3. The van der Waals surface area contributed by atoms with Crippen LogP contribution in [0.25, 0.3) is 11.2 Å². The lowest BCUT2D eigenvalue weighted by Gasteiger charge is -2.17. The minimum atomic E-state index is -0.0377. The van der Waals surface area contributed by atoms with Gasteiger partial charge in [0.25, 0.3) is 0 Å². The molecule has 1 atom stereocenters. The van der Waals surface area contributed by atoms with E-state index in [2.05, 4.69) is 21.9 Å². The zero-order valence-corrected chi connectivity index (χ0v) is 10.1. The summed E-state index contributed by atoms with van der Waals surface area (Å²) in [6.45, 7) is 4.75. The molecule has 0 amide bonds. The Hall–Kier alpha value is -1.69. The predicted octanol–water partition coefficient (Wildman–Crippen LogP) is 1.74. The smallest absolute Gasteiger partial charge is 0.167 e. The third-order valence-corrected chi connectivity index (χ3v) is 2.59. The van der Waals surface area contributed by atoms with E-state index in [0.29, 0.717) is 17.9 Å². The average Bonchev–Trinajstić information content (AvgIpc) is 2.74. The topological polar surface area (TPSA) is 78.9 Å². The molecule has 2 aromatic heterocycles. The normalized spacial score (nSPS) is 13.1. The van der Waals surface area contributed by atoms with Crippen molar-refractivity contribution < 1.29 is 4.74 Å². The van der Waals surface area contributed by atoms with Crippen LogP contribution in [0.1, 0.15) is 32.9 Å². The first-order chi connectivity index (χ1) is 8.27. The van der Waals surface area contributed by atoms with Crippen LogP contribution in [0.2, 0.25) is 0 Å². The summed E-state index contributed by atoms with van der Waals surface area (Å²) in [6, 6.07) is 0. The highest BCUT2D eigenvalue weighted by Gasteiger charge is 2.15. The van der Waals surface area contributed by atoms with Gasteiger partial charge in [-0.05, 0) is 13.3 Å². The van der Waals surface area contributed by atoms with Crippen molar-refractivity contribution in [1.29, 1.82) is 0 Å². The lowest BCUT2D eigenvalue weighted by atomic mass is 10.3. The molecule has 0 bridgehead atoms. The van der Waals surface area contributed by atoms with E-state index in [9.17, 15) is 0 Å². The Morgan fingerprint density at radius 1 is 1.35 bits per heavy atom. The maximum absolute atomic E-state index is 5.75. The second kappa shape index (κ2) is 5.09. The summed E-state index contributed by atoms with van der Waals surface area (Å²) < 4.78 is 7.61. The molecule has 0 fully saturated rings. The van der Waals surface area contributed by atoms with Gasteiger partial charge in [-0.25, -0.2) is 15.0 Å². The van der Waals surface area contributed by atoms with Gasteiger partial charge < -0.3 is 10.5 Å². The van der Waals surface area contributed by atoms with E-state index in [1.54, 1.807) is 6.33 Å². The molecule has 0 aliphatic carbocycles. The third kappa shape index (κ3) is 2.21. The second-order valence-corrected chi connectivity index (χ2v) is 3.78. The molecule has 2 rings (SSSR count). The highest BCUT2D eigenvalue weighted by molar-refractivity contribution is 5.81. The number of hydrogen-bond donors (Lipinski definition) is 1. The van der Waals surface area contributed by atoms with Gasteiger partial charge in [0.15, 0.2) is 11.5 Å². The molecule has 0 spiro atoms. The summed E-state index contributed by atoms with van der Waals surface area (Å²) in [4.78, 5) is 12.4. The van der Waals surface area contributed by atoms with Gasteiger partial charge >= 0.3 is 0 Å². The molecule has 0 aliphatic rings. The summed E-state index contributed by atoms with van der Waals surface area (Å²) in [6.07, 6.45) is 5.08. The van der Waals surface area contributed by atoms with Crippen molar-refractivity contribution in [1.82, 2.24) is 19.5 Å². The monoisotopic (exact) mass is 235 g/mol. The van der Waals surface area contributed by atoms with E-state index >= 15 is 0 Å². The van der Waals surface area contributed by atoms with Crippen LogP contribution in [0.4, 0.5) is 5.82 Å². The van der Waals surface area contributed by atoms with Gasteiger partial charge in [-0.1, -0.05) is 13.3 Å². The molecule has 6 heteroatoms. The number of aromatic nitrogens is 4. The van der Waals surface area contributed by atoms with Gasteiger partial charge in [-0.2, -0.15) is 0 Å². The number of nitrogens with two attached hydrogens (primary N) is 1. The van der Waals surface area contributed by atoms with Crippen molar-refractivity contribution >= 4 is 17.0 Å². The van der Waals surface area contributed by atoms with Crippen LogP contribution < -0.4 is 5.73 Å². The molecule has 0 aromatic carbocycles. The molecule has 1 unspecified atom stereocenters. The Bertz CT molecular complexity index is 490. The Balaban J connectivity index is 2.42. The zero-order valence-electron chi connectivity index (χ0n) is 10.1. The van der Waals surface area contributed by atoms with Crippen LogP contribution in [0.15, 0.2) is 12.7 Å². The largest absolute Gasteiger partial charge is 0.382 e. The molecule has 92 valence electrons. The molecule has 6 nitrogen and oxygen atoms in total. The van der Waals surface area contributed by atoms with Crippen molar-refractivity contribution in [3.05, 3.63) is 12.7 Å². The molecule has 2 N–H and O–H groups in total. The molecule has 0 saturated carbocycles. The SMILES string of the molecule is CCCC(OCC)n1cnc2c(N)ncnc21. The fourth-order valence-corrected chi connectivity index (χ4v) is 1.82. The Morgan fingerprint density at radius 2 is 2.18 bits per heavy atom. The maximum Gasteiger partial charge on any atom is 0.167 e. The van der Waals surface area contributed by atoms with Gasteiger partial charge in [0, 0.05) is 6.61 Å². The molecule has 2 aromatic rings. The maximum atomic E-state index is 5.75. The first-order valence-corrected chi connectivity index (χ1v) is 5.82. The number of ether oxygens (including phenoxy) is 1. The fourth-order valence-electron chi connectivity index (χ4n) is 1.82. The fraction of sp³-hybridized carbons (Fsp3) is 0.545. The van der Waals surface area contributed by atoms with Gasteiger partial charge in [0.1, 0.15) is 18.1 Å². The molecule has 2 heterocycles. The first kappa shape index (κ1) is 11.8. The van der Waals surface area contributed by atoms with Crippen LogP contribution in [0.5, 0.6) is 0 Å². The second-order valence-electron chi connectivity index (χ2n) is 3.78. The minimum Gasteiger partial charge on any atom is -0.382 e. The van der Waals surface area contributed by atoms with Gasteiger partial charge in [0.2, 0.25) is 0 Å². The lowest BCUT2D eigenvalue weighted by Crippen LogP contribution is -2.12. The molecular formula is C11H17N5O. The molecule has 0 aliphatic heterocycles. The third-order valence-electron chi connectivity index (χ3n) is 2.59. The van der Waals surface area contributed by atoms with E-state index < -0.39 is 0 Å². The van der Waals surface area contributed by atoms with Crippen molar-refractivity contribution in [2.45, 2.75) is 32.9 Å². The van der Waals surface area contributed by atoms with E-state index in [0.717, 1.165) is 18.5 Å². The van der Waals surface area contributed by atoms with Crippen LogP contribution in [-0.4, -0.2) is 26.1 Å². The quantitative estimate of drug-likeness (QED) is 0.854. The summed E-state index contributed by atoms with van der Waals surface area (Å²) in [5.41, 5.74) is 7.11. The number of anilines is 1. The minimum absolute atomic E-state index is 0.0377. The number of nitrogen functional groups attached to an aromatic ring is 1. The van der Waals surface area contributed by atoms with E-state index in [1.165, 1.54) is 6.33 Å². The van der Waals surface area contributed by atoms with Crippen LogP contribution in [0, 0.1) is 0 Å². The molecular weight excluding hydrogens is 218 g/mol. The standard InChI is InChI=1S/C11H17N5O/c1-3-5-8(17-4-2)16-7-15-9-10(12)13-6-14-11(9)16/h6-8H,3-5H2,1-2H3,(H2,12,13,14). The average molecular weight is 235 g/mol. The summed E-state index contributed by atoms with van der Waals surface area (Å²) in [5.74, 6) is 0.403. The Labute approximate surface area is 99.8 Å². The van der Waals surface area contributed by atoms with Crippen LogP contribution in [-0.2, 0) is 4.74 Å². The van der Waals surface area contributed by atoms with Crippen molar-refractivity contribution in [3.8, 4) is 0 Å². The van der Waals surface area contributed by atoms with Gasteiger partial charge in [-0.3, -0.25) is 4.57 Å². The highest BCUT2D eigenvalue weighted by Crippen LogP contribution is 2.22. The molecule has 0 radical (unpaired) electrons. The molecule has 17 heavy (non-hydrogen) atoms. The van der Waals surface area contributed by atoms with E-state index in [1.807, 2.05) is 11.5 Å². The number of rotatable bonds is 5. The summed E-state index contributed by atoms with van der Waals surface area (Å²) in [5, 5.41) is 0. The van der Waals surface area contributed by atoms with Crippen LogP contribution in [0.3, 0.4) is 0 Å². The number of fused-ring (bicyclic) bond motifs is 1. The number of nitrogens with zero attached hydrogens (tertiary/aromatic N) is 4. The lowest BCUT2D eigenvalue weighted by molar-refractivity contribution is 0.00611. The van der Waals surface area contributed by atoms with Crippen LogP contribution >= 0.6 is 0 Å². The van der Waals surface area contributed by atoms with Gasteiger partial charge in [0.05, 0.1) is 6.33 Å². The summed E-state index contributed by atoms with van der Waals surface area (Å²) >= 11 is 0. The first-order valence-electron chi connectivity index (χ1n) is 5.82. The predicted molar refractivity (Wildman–Crippen MR) is 65.3 cm³/mol. The van der Waals surface area contributed by atoms with Crippen molar-refractivity contribution in [3.63, 3.8) is 0 Å². The molecule has 0 saturated heterocycles. The van der Waals surface area contributed by atoms with Crippen molar-refractivity contribution in [2.75, 3.05) is 12.3 Å². The Morgan fingerprint density at radius 3 is 2.88 bits per heavy atom.